The summed E-state index contributed by atoms with van der Waals surface area (Å²) in [6.45, 7) is 0. The molecule has 3 rings (SSSR count). The van der Waals surface area contributed by atoms with Crippen LogP contribution >= 0.6 is 23.2 Å². The molecule has 3 N–H and O–H groups in total. The highest BCUT2D eigenvalue weighted by atomic mass is 35.5. The van der Waals surface area contributed by atoms with Crippen molar-refractivity contribution in [2.45, 2.75) is 4.90 Å². The normalized spacial score (nSPS) is 11.4. The largest absolute Gasteiger partial charge is 0.356 e. The van der Waals surface area contributed by atoms with Crippen LogP contribution in [0, 0.1) is 0 Å². The van der Waals surface area contributed by atoms with E-state index in [1.807, 2.05) is 0 Å². The smallest absolute Gasteiger partial charge is 0.243 e. The highest BCUT2D eigenvalue weighted by Gasteiger charge is 2.15. The molecule has 2 aromatic heterocycles. The fourth-order valence-electron chi connectivity index (χ4n) is 2.25. The first kappa shape index (κ1) is 18.4. The van der Waals surface area contributed by atoms with E-state index in [0.717, 1.165) is 6.26 Å². The van der Waals surface area contributed by atoms with Gasteiger partial charge in [-0.3, -0.25) is 4.98 Å². The number of nitrogens with one attached hydrogen (secondary N) is 3. The number of hydrogen-bond donors (Lipinski definition) is 3. The van der Waals surface area contributed by atoms with Crippen LogP contribution in [-0.4, -0.2) is 41.9 Å². The minimum atomic E-state index is -3.39. The fraction of sp³-hybridized carbons (Fsp3) is 0.133. The maximum atomic E-state index is 11.7. The minimum absolute atomic E-state index is 0.0885. The Labute approximate surface area is 159 Å². The van der Waals surface area contributed by atoms with Gasteiger partial charge < -0.3 is 10.6 Å². The molecule has 0 saturated heterocycles. The molecule has 2 heterocycles. The second kappa shape index (κ2) is 7.10. The first-order chi connectivity index (χ1) is 12.3. The summed E-state index contributed by atoms with van der Waals surface area (Å²) in [5.41, 5.74) is 1.59. The highest BCUT2D eigenvalue weighted by molar-refractivity contribution is 7.90. The zero-order valence-corrected chi connectivity index (χ0v) is 16.0. The van der Waals surface area contributed by atoms with Crippen molar-refractivity contribution in [2.75, 3.05) is 23.9 Å². The maximum Gasteiger partial charge on any atom is 0.243 e. The number of pyridine rings is 1. The van der Waals surface area contributed by atoms with Crippen molar-refractivity contribution < 1.29 is 8.42 Å². The van der Waals surface area contributed by atoms with E-state index in [1.54, 1.807) is 19.2 Å². The van der Waals surface area contributed by atoms with Gasteiger partial charge in [-0.15, -0.1) is 5.10 Å². The molecule has 0 aliphatic carbocycles. The molecule has 136 valence electrons. The predicted octanol–water partition coefficient (Wildman–Crippen LogP) is 3.36. The molecule has 1 aromatic carbocycles. The van der Waals surface area contributed by atoms with Crippen LogP contribution in [0.25, 0.3) is 11.1 Å². The van der Waals surface area contributed by atoms with E-state index in [2.05, 4.69) is 30.8 Å². The van der Waals surface area contributed by atoms with Gasteiger partial charge in [-0.05, 0) is 18.2 Å². The quantitative estimate of drug-likeness (QED) is 0.588. The number of hydrogen-bond acceptors (Lipinski definition) is 7. The second-order valence-corrected chi connectivity index (χ2v) is 8.21. The Balaban J connectivity index is 1.97. The summed E-state index contributed by atoms with van der Waals surface area (Å²) in [4.78, 5) is 8.21. The second-order valence-electron chi connectivity index (χ2n) is 5.38. The average molecular weight is 413 g/mol. The Morgan fingerprint density at radius 1 is 1.12 bits per heavy atom. The average Bonchev–Trinajstić information content (AvgIpc) is 3.01. The number of benzene rings is 1. The number of sulfone groups is 1. The van der Waals surface area contributed by atoms with Gasteiger partial charge >= 0.3 is 0 Å². The highest BCUT2D eigenvalue weighted by Crippen LogP contribution is 2.38. The Morgan fingerprint density at radius 3 is 2.38 bits per heavy atom. The molecule has 26 heavy (non-hydrogen) atoms. The summed E-state index contributed by atoms with van der Waals surface area (Å²) in [6.07, 6.45) is 3.89. The van der Waals surface area contributed by atoms with Gasteiger partial charge in [0.15, 0.2) is 9.84 Å². The van der Waals surface area contributed by atoms with Crippen molar-refractivity contribution in [3.05, 3.63) is 40.6 Å². The van der Waals surface area contributed by atoms with Crippen molar-refractivity contribution in [2.24, 2.45) is 0 Å². The predicted molar refractivity (Wildman–Crippen MR) is 102 cm³/mol. The number of halogens is 2. The van der Waals surface area contributed by atoms with Gasteiger partial charge in [-0.2, -0.15) is 4.98 Å². The van der Waals surface area contributed by atoms with Gasteiger partial charge in [-0.25, -0.2) is 13.5 Å². The molecule has 0 aliphatic rings. The van der Waals surface area contributed by atoms with Crippen molar-refractivity contribution in [1.29, 1.82) is 0 Å². The number of H-pyrrole nitrogens is 1. The van der Waals surface area contributed by atoms with E-state index >= 15 is 0 Å². The van der Waals surface area contributed by atoms with E-state index in [0.29, 0.717) is 38.8 Å². The standard InChI is InChI=1S/C15H14Cl2N6O2S/c1-18-14-21-15(23-22-14)20-9-4-11(16)13(12(17)5-9)8-3-10(7-19-6-8)26(2,24)25/h3-7H,1-2H3,(H3,18,20,21,22,23). The van der Waals surface area contributed by atoms with Crippen LogP contribution in [0.15, 0.2) is 35.5 Å². The molecule has 0 bridgehead atoms. The number of aromatic nitrogens is 4. The van der Waals surface area contributed by atoms with Gasteiger partial charge in [-0.1, -0.05) is 23.2 Å². The number of nitrogens with zero attached hydrogens (tertiary/aromatic N) is 3. The van der Waals surface area contributed by atoms with Gasteiger partial charge in [0.25, 0.3) is 0 Å². The van der Waals surface area contributed by atoms with Gasteiger partial charge in [0.05, 0.1) is 14.9 Å². The Morgan fingerprint density at radius 2 is 1.81 bits per heavy atom. The van der Waals surface area contributed by atoms with Crippen LogP contribution in [0.5, 0.6) is 0 Å². The fourth-order valence-corrected chi connectivity index (χ4v) is 3.54. The van der Waals surface area contributed by atoms with E-state index in [-0.39, 0.29) is 4.90 Å². The molecule has 0 amide bonds. The molecule has 0 unspecified atom stereocenters. The van der Waals surface area contributed by atoms with Crippen LogP contribution in [0.4, 0.5) is 17.6 Å². The van der Waals surface area contributed by atoms with Gasteiger partial charge in [0.2, 0.25) is 11.9 Å². The lowest BCUT2D eigenvalue weighted by Crippen LogP contribution is -1.99. The third kappa shape index (κ3) is 3.90. The molecule has 0 atom stereocenters. The van der Waals surface area contributed by atoms with E-state index in [1.165, 1.54) is 18.5 Å². The summed E-state index contributed by atoms with van der Waals surface area (Å²) in [5, 5.41) is 13.1. The third-order valence-electron chi connectivity index (χ3n) is 3.44. The molecular formula is C15H14Cl2N6O2S. The summed E-state index contributed by atoms with van der Waals surface area (Å²) < 4.78 is 23.5. The van der Waals surface area contributed by atoms with Crippen molar-refractivity contribution in [3.8, 4) is 11.1 Å². The van der Waals surface area contributed by atoms with Gasteiger partial charge in [0, 0.05) is 42.5 Å². The molecule has 0 radical (unpaired) electrons. The number of anilines is 3. The zero-order valence-electron chi connectivity index (χ0n) is 13.7. The van der Waals surface area contributed by atoms with Crippen LogP contribution < -0.4 is 10.6 Å². The van der Waals surface area contributed by atoms with E-state index < -0.39 is 9.84 Å². The first-order valence-electron chi connectivity index (χ1n) is 7.29. The van der Waals surface area contributed by atoms with Crippen LogP contribution in [0.1, 0.15) is 0 Å². The third-order valence-corrected chi connectivity index (χ3v) is 5.12. The van der Waals surface area contributed by atoms with Crippen molar-refractivity contribution in [3.63, 3.8) is 0 Å². The van der Waals surface area contributed by atoms with Gasteiger partial charge in [0.1, 0.15) is 0 Å². The number of rotatable bonds is 5. The lowest BCUT2D eigenvalue weighted by molar-refractivity contribution is 0.601. The van der Waals surface area contributed by atoms with Crippen molar-refractivity contribution in [1.82, 2.24) is 20.2 Å². The lowest BCUT2D eigenvalue weighted by Gasteiger charge is -2.11. The van der Waals surface area contributed by atoms with E-state index in [9.17, 15) is 8.42 Å². The molecule has 0 saturated carbocycles. The van der Waals surface area contributed by atoms with E-state index in [4.69, 9.17) is 23.2 Å². The molecular weight excluding hydrogens is 399 g/mol. The summed E-state index contributed by atoms with van der Waals surface area (Å²) in [6, 6.07) is 4.78. The lowest BCUT2D eigenvalue weighted by atomic mass is 10.1. The summed E-state index contributed by atoms with van der Waals surface area (Å²) in [7, 11) is -1.69. The maximum absolute atomic E-state index is 11.7. The topological polar surface area (TPSA) is 113 Å². The molecule has 0 fully saturated rings. The summed E-state index contributed by atoms with van der Waals surface area (Å²) in [5.74, 6) is 0.847. The minimum Gasteiger partial charge on any atom is -0.356 e. The molecule has 8 nitrogen and oxygen atoms in total. The Kier molecular flexibility index (Phi) is 5.03. The van der Waals surface area contributed by atoms with Crippen molar-refractivity contribution >= 4 is 50.6 Å². The van der Waals surface area contributed by atoms with Crippen LogP contribution in [0.3, 0.4) is 0 Å². The monoisotopic (exact) mass is 412 g/mol. The van der Waals surface area contributed by atoms with Crippen LogP contribution in [-0.2, 0) is 9.84 Å². The zero-order chi connectivity index (χ0) is 18.9. The van der Waals surface area contributed by atoms with Crippen LogP contribution in [0.2, 0.25) is 10.0 Å². The SMILES string of the molecule is CNc1n[nH]c(Nc2cc(Cl)c(-c3cncc(S(C)(=O)=O)c3)c(Cl)c2)n1. The first-order valence-corrected chi connectivity index (χ1v) is 9.94. The molecule has 3 aromatic rings. The summed E-state index contributed by atoms with van der Waals surface area (Å²) >= 11 is 12.7. The Hall–Kier alpha value is -2.36. The molecule has 0 spiro atoms. The molecule has 0 aliphatic heterocycles. The molecule has 11 heteroatoms. The number of aromatic amines is 1. The Bertz CT molecular complexity index is 1040.